The number of hydrogen-bond acceptors (Lipinski definition) is 3. The Morgan fingerprint density at radius 1 is 1.33 bits per heavy atom. The Bertz CT molecular complexity index is 543. The van der Waals surface area contributed by atoms with Crippen molar-refractivity contribution in [3.05, 3.63) is 29.8 Å². The first kappa shape index (κ1) is 14.9. The summed E-state index contributed by atoms with van der Waals surface area (Å²) >= 11 is 1.87. The number of carbonyl (C=O) groups excluding carboxylic acids is 1. The van der Waals surface area contributed by atoms with Crippen LogP contribution >= 0.6 is 11.8 Å². The van der Waals surface area contributed by atoms with Crippen LogP contribution in [0.4, 0.5) is 0 Å². The van der Waals surface area contributed by atoms with Crippen molar-refractivity contribution in [1.82, 2.24) is 4.90 Å². The molecular weight excluding hydrogens is 280 g/mol. The number of fused-ring (bicyclic) bond motifs is 1. The van der Waals surface area contributed by atoms with Crippen LogP contribution in [0.2, 0.25) is 0 Å². The van der Waals surface area contributed by atoms with Crippen molar-refractivity contribution < 1.29 is 4.79 Å². The molecule has 2 unspecified atom stereocenters. The third kappa shape index (κ3) is 2.84. The number of rotatable bonds is 1. The fourth-order valence-corrected chi connectivity index (χ4v) is 4.51. The summed E-state index contributed by atoms with van der Waals surface area (Å²) in [6.45, 7) is 5.91. The predicted molar refractivity (Wildman–Crippen MR) is 87.5 cm³/mol. The van der Waals surface area contributed by atoms with Crippen LogP contribution in [0.15, 0.2) is 29.2 Å². The molecule has 114 valence electrons. The van der Waals surface area contributed by atoms with Gasteiger partial charge in [0.1, 0.15) is 0 Å². The maximum Gasteiger partial charge on any atom is 0.230 e. The van der Waals surface area contributed by atoms with Crippen LogP contribution in [0.3, 0.4) is 0 Å². The van der Waals surface area contributed by atoms with Crippen molar-refractivity contribution in [3.8, 4) is 0 Å². The van der Waals surface area contributed by atoms with Crippen LogP contribution in [0, 0.1) is 5.41 Å². The molecule has 2 aliphatic rings. The first-order valence-corrected chi connectivity index (χ1v) is 8.74. The van der Waals surface area contributed by atoms with Crippen LogP contribution < -0.4 is 5.73 Å². The number of likely N-dealkylation sites (tertiary alicyclic amines) is 1. The Hall–Kier alpha value is -1.00. The standard InChI is InChI=1S/C17H24N2OS/c1-17(2)11-19(9-7-15(17)18)16(20)13-8-10-21-14-6-4-3-5-12(13)14/h3-6,13,15H,7-11,18H2,1-2H3. The average molecular weight is 304 g/mol. The van der Waals surface area contributed by atoms with Crippen molar-refractivity contribution in [3.63, 3.8) is 0 Å². The lowest BCUT2D eigenvalue weighted by Gasteiger charge is -2.44. The average Bonchev–Trinajstić information content (AvgIpc) is 2.48. The lowest BCUT2D eigenvalue weighted by molar-refractivity contribution is -0.136. The van der Waals surface area contributed by atoms with Gasteiger partial charge in [-0.1, -0.05) is 32.0 Å². The summed E-state index contributed by atoms with van der Waals surface area (Å²) in [5, 5.41) is 0. The van der Waals surface area contributed by atoms with Crippen molar-refractivity contribution in [2.45, 2.75) is 43.5 Å². The maximum atomic E-state index is 13.0. The molecule has 2 heterocycles. The monoisotopic (exact) mass is 304 g/mol. The SMILES string of the molecule is CC1(C)CN(C(=O)C2CCSc3ccccc32)CCC1N. The third-order valence-corrected chi connectivity index (χ3v) is 6.00. The Morgan fingerprint density at radius 2 is 2.10 bits per heavy atom. The van der Waals surface area contributed by atoms with Gasteiger partial charge in [-0.2, -0.15) is 0 Å². The Kier molecular flexibility index (Phi) is 4.02. The highest BCUT2D eigenvalue weighted by molar-refractivity contribution is 7.99. The summed E-state index contributed by atoms with van der Waals surface area (Å²) < 4.78 is 0. The highest BCUT2D eigenvalue weighted by atomic mass is 32.2. The van der Waals surface area contributed by atoms with Gasteiger partial charge in [-0.15, -0.1) is 11.8 Å². The largest absolute Gasteiger partial charge is 0.342 e. The second-order valence-electron chi connectivity index (χ2n) is 6.87. The topological polar surface area (TPSA) is 46.3 Å². The van der Waals surface area contributed by atoms with E-state index in [0.29, 0.717) is 5.91 Å². The van der Waals surface area contributed by atoms with Gasteiger partial charge in [-0.25, -0.2) is 0 Å². The van der Waals surface area contributed by atoms with Crippen molar-refractivity contribution in [2.24, 2.45) is 11.1 Å². The minimum Gasteiger partial charge on any atom is -0.342 e. The van der Waals surface area contributed by atoms with Gasteiger partial charge < -0.3 is 10.6 Å². The number of nitrogens with zero attached hydrogens (tertiary/aromatic N) is 1. The quantitative estimate of drug-likeness (QED) is 0.868. The molecule has 0 radical (unpaired) electrons. The lowest BCUT2D eigenvalue weighted by Crippen LogP contribution is -2.54. The summed E-state index contributed by atoms with van der Waals surface area (Å²) in [6, 6.07) is 8.54. The van der Waals surface area contributed by atoms with Gasteiger partial charge in [0.05, 0.1) is 5.92 Å². The summed E-state index contributed by atoms with van der Waals surface area (Å²) in [6.07, 6.45) is 1.85. The molecule has 21 heavy (non-hydrogen) atoms. The number of carbonyl (C=O) groups is 1. The Morgan fingerprint density at radius 3 is 2.86 bits per heavy atom. The van der Waals surface area contributed by atoms with Gasteiger partial charge >= 0.3 is 0 Å². The minimum absolute atomic E-state index is 0.0108. The number of hydrogen-bond donors (Lipinski definition) is 1. The normalized spacial score (nSPS) is 28.0. The van der Waals surface area contributed by atoms with Crippen molar-refractivity contribution >= 4 is 17.7 Å². The molecule has 0 aliphatic carbocycles. The molecule has 4 heteroatoms. The van der Waals surface area contributed by atoms with Crippen LogP contribution in [-0.2, 0) is 4.79 Å². The van der Waals surface area contributed by atoms with Crippen molar-refractivity contribution in [1.29, 1.82) is 0 Å². The first-order valence-electron chi connectivity index (χ1n) is 7.75. The molecule has 1 amide bonds. The molecule has 0 saturated carbocycles. The molecule has 1 saturated heterocycles. The van der Waals surface area contributed by atoms with Crippen LogP contribution in [0.25, 0.3) is 0 Å². The zero-order valence-corrected chi connectivity index (χ0v) is 13.7. The van der Waals surface area contributed by atoms with Crippen molar-refractivity contribution in [2.75, 3.05) is 18.8 Å². The Labute approximate surface area is 131 Å². The number of thioether (sulfide) groups is 1. The van der Waals surface area contributed by atoms with Gasteiger partial charge in [0.2, 0.25) is 5.91 Å². The second-order valence-corrected chi connectivity index (χ2v) is 8.01. The zero-order valence-electron chi connectivity index (χ0n) is 12.8. The molecule has 3 nitrogen and oxygen atoms in total. The van der Waals surface area contributed by atoms with E-state index in [2.05, 4.69) is 32.0 Å². The number of piperidine rings is 1. The van der Waals surface area contributed by atoms with Gasteiger partial charge in [-0.3, -0.25) is 4.79 Å². The lowest BCUT2D eigenvalue weighted by atomic mass is 9.79. The molecule has 0 spiro atoms. The molecule has 2 N–H and O–H groups in total. The van der Waals surface area contributed by atoms with E-state index >= 15 is 0 Å². The maximum absolute atomic E-state index is 13.0. The molecule has 1 aromatic rings. The molecule has 1 fully saturated rings. The molecule has 1 aromatic carbocycles. The first-order chi connectivity index (χ1) is 9.99. The van der Waals surface area contributed by atoms with E-state index in [1.54, 1.807) is 0 Å². The smallest absolute Gasteiger partial charge is 0.230 e. The second kappa shape index (κ2) is 5.65. The van der Waals surface area contributed by atoms with E-state index in [9.17, 15) is 4.79 Å². The molecule has 2 atom stereocenters. The minimum atomic E-state index is 0.0108. The summed E-state index contributed by atoms with van der Waals surface area (Å²) in [5.74, 6) is 1.36. The van der Waals surface area contributed by atoms with E-state index in [4.69, 9.17) is 5.73 Å². The number of amides is 1. The molecule has 3 rings (SSSR count). The summed E-state index contributed by atoms with van der Waals surface area (Å²) in [7, 11) is 0. The summed E-state index contributed by atoms with van der Waals surface area (Å²) in [4.78, 5) is 16.3. The third-order valence-electron chi connectivity index (χ3n) is 4.88. The molecule has 0 bridgehead atoms. The predicted octanol–water partition coefficient (Wildman–Crippen LogP) is 2.85. The number of benzene rings is 1. The van der Waals surface area contributed by atoms with Gasteiger partial charge in [0, 0.05) is 24.0 Å². The Balaban J connectivity index is 1.81. The molecule has 0 aromatic heterocycles. The van der Waals surface area contributed by atoms with Crippen LogP contribution in [-0.4, -0.2) is 35.7 Å². The van der Waals surface area contributed by atoms with E-state index in [0.717, 1.165) is 31.7 Å². The fraction of sp³-hybridized carbons (Fsp3) is 0.588. The summed E-state index contributed by atoms with van der Waals surface area (Å²) in [5.41, 5.74) is 7.41. The highest BCUT2D eigenvalue weighted by Crippen LogP contribution is 2.39. The van der Waals surface area contributed by atoms with E-state index in [1.807, 2.05) is 22.7 Å². The highest BCUT2D eigenvalue weighted by Gasteiger charge is 2.38. The molecule has 2 aliphatic heterocycles. The molecular formula is C17H24N2OS. The van der Waals surface area contributed by atoms with Crippen LogP contribution in [0.5, 0.6) is 0 Å². The number of nitrogens with two attached hydrogens (primary N) is 1. The van der Waals surface area contributed by atoms with Gasteiger partial charge in [-0.05, 0) is 35.6 Å². The van der Waals surface area contributed by atoms with Gasteiger partial charge in [0.15, 0.2) is 0 Å². The fourth-order valence-electron chi connectivity index (χ4n) is 3.38. The zero-order chi connectivity index (χ0) is 15.0. The van der Waals surface area contributed by atoms with E-state index in [1.165, 1.54) is 10.5 Å². The van der Waals surface area contributed by atoms with Gasteiger partial charge in [0.25, 0.3) is 0 Å². The van der Waals surface area contributed by atoms with Crippen LogP contribution in [0.1, 0.15) is 38.2 Å². The van der Waals surface area contributed by atoms with E-state index < -0.39 is 0 Å². The van der Waals surface area contributed by atoms with E-state index in [-0.39, 0.29) is 17.4 Å².